The summed E-state index contributed by atoms with van der Waals surface area (Å²) in [7, 11) is -3.86. The molecule has 0 fully saturated rings. The van der Waals surface area contributed by atoms with Gasteiger partial charge in [0, 0.05) is 17.7 Å². The summed E-state index contributed by atoms with van der Waals surface area (Å²) < 4.78 is 33.0. The number of benzene rings is 3. The first-order valence-corrected chi connectivity index (χ1v) is 12.1. The highest BCUT2D eigenvalue weighted by Crippen LogP contribution is 2.24. The van der Waals surface area contributed by atoms with Crippen LogP contribution in [0.1, 0.15) is 32.0 Å². The summed E-state index contributed by atoms with van der Waals surface area (Å²) in [6.07, 6.45) is 0. The number of hydrazine groups is 1. The standard InChI is InChI=1S/C25H22N4O5S/c1-17-22(23(29-34-17)19-11-6-3-7-12-19)25(31)28-27-24(30)20-13-8-14-21(15-20)35(32,33)26-16-18-9-4-2-5-10-18/h2-15,26H,16H2,1H3,(H,27,30)(H,28,31). The minimum atomic E-state index is -3.86. The van der Waals surface area contributed by atoms with E-state index in [0.29, 0.717) is 11.3 Å². The van der Waals surface area contributed by atoms with Gasteiger partial charge >= 0.3 is 0 Å². The number of rotatable bonds is 7. The lowest BCUT2D eigenvalue weighted by Crippen LogP contribution is -2.42. The molecule has 2 amide bonds. The molecule has 3 aromatic carbocycles. The first-order chi connectivity index (χ1) is 16.8. The molecule has 9 nitrogen and oxygen atoms in total. The number of nitrogens with one attached hydrogen (secondary N) is 3. The highest BCUT2D eigenvalue weighted by Gasteiger charge is 2.22. The van der Waals surface area contributed by atoms with Crippen molar-refractivity contribution in [2.75, 3.05) is 0 Å². The van der Waals surface area contributed by atoms with Crippen LogP contribution in [-0.2, 0) is 16.6 Å². The Balaban J connectivity index is 1.44. The SMILES string of the molecule is Cc1onc(-c2ccccc2)c1C(=O)NNC(=O)c1cccc(S(=O)(=O)NCc2ccccc2)c1. The number of carbonyl (C=O) groups excluding carboxylic acids is 2. The number of amides is 2. The van der Waals surface area contributed by atoms with Crippen LogP contribution in [0.25, 0.3) is 11.3 Å². The predicted molar refractivity (Wildman–Crippen MR) is 129 cm³/mol. The van der Waals surface area contributed by atoms with Gasteiger partial charge in [0.1, 0.15) is 17.0 Å². The van der Waals surface area contributed by atoms with Crippen molar-refractivity contribution in [2.24, 2.45) is 0 Å². The number of aryl methyl sites for hydroxylation is 1. The second-order valence-electron chi connectivity index (χ2n) is 7.57. The van der Waals surface area contributed by atoms with Crippen molar-refractivity contribution in [2.45, 2.75) is 18.4 Å². The zero-order chi connectivity index (χ0) is 24.8. The number of aromatic nitrogens is 1. The summed E-state index contributed by atoms with van der Waals surface area (Å²) in [5.41, 5.74) is 6.69. The fourth-order valence-electron chi connectivity index (χ4n) is 3.34. The molecule has 0 atom stereocenters. The Bertz CT molecular complexity index is 1450. The van der Waals surface area contributed by atoms with E-state index in [-0.39, 0.29) is 28.3 Å². The van der Waals surface area contributed by atoms with Crippen LogP contribution in [0.15, 0.2) is 94.3 Å². The lowest BCUT2D eigenvalue weighted by molar-refractivity contribution is 0.0846. The topological polar surface area (TPSA) is 130 Å². The maximum Gasteiger partial charge on any atom is 0.275 e. The van der Waals surface area contributed by atoms with Crippen LogP contribution < -0.4 is 15.6 Å². The second-order valence-corrected chi connectivity index (χ2v) is 9.34. The van der Waals surface area contributed by atoms with Gasteiger partial charge < -0.3 is 4.52 Å². The Morgan fingerprint density at radius 3 is 2.23 bits per heavy atom. The molecule has 4 rings (SSSR count). The second kappa shape index (κ2) is 10.3. The Kier molecular flexibility index (Phi) is 7.04. The molecular formula is C25H22N4O5S. The van der Waals surface area contributed by atoms with E-state index in [9.17, 15) is 18.0 Å². The van der Waals surface area contributed by atoms with Crippen molar-refractivity contribution in [3.63, 3.8) is 0 Å². The van der Waals surface area contributed by atoms with E-state index < -0.39 is 21.8 Å². The third kappa shape index (κ3) is 5.62. The van der Waals surface area contributed by atoms with Crippen LogP contribution in [0.3, 0.4) is 0 Å². The maximum absolute atomic E-state index is 12.8. The highest BCUT2D eigenvalue weighted by atomic mass is 32.2. The molecule has 35 heavy (non-hydrogen) atoms. The molecule has 3 N–H and O–H groups in total. The van der Waals surface area contributed by atoms with Crippen molar-refractivity contribution in [1.82, 2.24) is 20.7 Å². The third-order valence-corrected chi connectivity index (χ3v) is 6.54. The van der Waals surface area contributed by atoms with E-state index in [1.165, 1.54) is 24.3 Å². The first-order valence-electron chi connectivity index (χ1n) is 10.6. The van der Waals surface area contributed by atoms with Gasteiger partial charge in [0.15, 0.2) is 0 Å². The van der Waals surface area contributed by atoms with E-state index in [1.807, 2.05) is 24.3 Å². The Morgan fingerprint density at radius 2 is 1.51 bits per heavy atom. The molecule has 0 unspecified atom stereocenters. The summed E-state index contributed by atoms with van der Waals surface area (Å²) in [6.45, 7) is 1.70. The van der Waals surface area contributed by atoms with Crippen LogP contribution in [0, 0.1) is 6.92 Å². The molecule has 0 aliphatic heterocycles. The van der Waals surface area contributed by atoms with Crippen LogP contribution in [-0.4, -0.2) is 25.4 Å². The molecular weight excluding hydrogens is 468 g/mol. The zero-order valence-corrected chi connectivity index (χ0v) is 19.5. The van der Waals surface area contributed by atoms with E-state index >= 15 is 0 Å². The lowest BCUT2D eigenvalue weighted by Gasteiger charge is -2.10. The molecule has 1 aromatic heterocycles. The number of sulfonamides is 1. The number of nitrogens with zero attached hydrogens (tertiary/aromatic N) is 1. The van der Waals surface area contributed by atoms with Crippen molar-refractivity contribution in [3.8, 4) is 11.3 Å². The number of carbonyl (C=O) groups is 2. The largest absolute Gasteiger partial charge is 0.360 e. The monoisotopic (exact) mass is 490 g/mol. The van der Waals surface area contributed by atoms with Gasteiger partial charge in [-0.15, -0.1) is 0 Å². The molecule has 0 radical (unpaired) electrons. The average Bonchev–Trinajstić information content (AvgIpc) is 3.28. The van der Waals surface area contributed by atoms with Crippen LogP contribution in [0.5, 0.6) is 0 Å². The Labute approximate surface area is 202 Å². The Morgan fingerprint density at radius 1 is 0.857 bits per heavy atom. The summed E-state index contributed by atoms with van der Waals surface area (Å²) in [5, 5.41) is 3.95. The average molecular weight is 491 g/mol. The molecule has 0 bridgehead atoms. The molecule has 178 valence electrons. The van der Waals surface area contributed by atoms with Gasteiger partial charge in [-0.3, -0.25) is 20.4 Å². The summed E-state index contributed by atoms with van der Waals surface area (Å²) >= 11 is 0. The fraction of sp³-hybridized carbons (Fsp3) is 0.0800. The van der Waals surface area contributed by atoms with Crippen LogP contribution >= 0.6 is 0 Å². The van der Waals surface area contributed by atoms with E-state index in [2.05, 4.69) is 20.7 Å². The fourth-order valence-corrected chi connectivity index (χ4v) is 4.41. The molecule has 0 spiro atoms. The molecule has 0 saturated carbocycles. The van der Waals surface area contributed by atoms with Crippen molar-refractivity contribution in [3.05, 3.63) is 107 Å². The summed E-state index contributed by atoms with van der Waals surface area (Å²) in [4.78, 5) is 25.3. The van der Waals surface area contributed by atoms with Gasteiger partial charge in [0.25, 0.3) is 11.8 Å². The van der Waals surface area contributed by atoms with Crippen molar-refractivity contribution >= 4 is 21.8 Å². The zero-order valence-electron chi connectivity index (χ0n) is 18.7. The molecule has 0 aliphatic carbocycles. The smallest absolute Gasteiger partial charge is 0.275 e. The van der Waals surface area contributed by atoms with Gasteiger partial charge in [-0.05, 0) is 30.7 Å². The van der Waals surface area contributed by atoms with E-state index in [4.69, 9.17) is 4.52 Å². The first kappa shape index (κ1) is 23.9. The highest BCUT2D eigenvalue weighted by molar-refractivity contribution is 7.89. The number of hydrogen-bond donors (Lipinski definition) is 3. The molecule has 4 aromatic rings. The molecule has 0 aliphatic rings. The third-order valence-electron chi connectivity index (χ3n) is 5.14. The van der Waals surface area contributed by atoms with Gasteiger partial charge in [-0.25, -0.2) is 13.1 Å². The van der Waals surface area contributed by atoms with Crippen LogP contribution in [0.4, 0.5) is 0 Å². The summed E-state index contributed by atoms with van der Waals surface area (Å²) in [5.74, 6) is -1.02. The predicted octanol–water partition coefficient (Wildman–Crippen LogP) is 3.20. The van der Waals surface area contributed by atoms with Crippen molar-refractivity contribution < 1.29 is 22.5 Å². The quantitative estimate of drug-likeness (QED) is 0.341. The number of hydrogen-bond acceptors (Lipinski definition) is 6. The minimum absolute atomic E-state index is 0.0539. The van der Waals surface area contributed by atoms with Gasteiger partial charge in [-0.1, -0.05) is 71.9 Å². The van der Waals surface area contributed by atoms with E-state index in [1.54, 1.807) is 43.3 Å². The molecule has 10 heteroatoms. The normalized spacial score (nSPS) is 11.1. The minimum Gasteiger partial charge on any atom is -0.360 e. The maximum atomic E-state index is 12.8. The molecule has 1 heterocycles. The Hall–Kier alpha value is -4.28. The lowest BCUT2D eigenvalue weighted by atomic mass is 10.1. The van der Waals surface area contributed by atoms with Crippen LogP contribution in [0.2, 0.25) is 0 Å². The molecule has 0 saturated heterocycles. The van der Waals surface area contributed by atoms with Gasteiger partial charge in [-0.2, -0.15) is 0 Å². The van der Waals surface area contributed by atoms with Crippen molar-refractivity contribution in [1.29, 1.82) is 0 Å². The summed E-state index contributed by atoms with van der Waals surface area (Å²) in [6, 6.07) is 23.6. The van der Waals surface area contributed by atoms with Gasteiger partial charge in [0.2, 0.25) is 10.0 Å². The van der Waals surface area contributed by atoms with Gasteiger partial charge in [0.05, 0.1) is 4.90 Å². The van der Waals surface area contributed by atoms with E-state index in [0.717, 1.165) is 5.56 Å².